The molecule has 2 aromatic heterocycles. The molecule has 2 N–H and O–H groups in total. The van der Waals surface area contributed by atoms with E-state index in [0.717, 1.165) is 29.1 Å². The molecule has 1 saturated heterocycles. The summed E-state index contributed by atoms with van der Waals surface area (Å²) in [6.07, 6.45) is 4.34. The molecule has 8 nitrogen and oxygen atoms in total. The number of rotatable bonds is 7. The number of aromatic nitrogens is 3. The van der Waals surface area contributed by atoms with Crippen molar-refractivity contribution in [3.8, 4) is 11.1 Å². The molecular formula is C22H28N6O2S. The highest BCUT2D eigenvalue weighted by Crippen LogP contribution is 2.34. The van der Waals surface area contributed by atoms with Crippen LogP contribution in [0.2, 0.25) is 0 Å². The Morgan fingerprint density at radius 3 is 2.87 bits per heavy atom. The van der Waals surface area contributed by atoms with Crippen LogP contribution in [0.25, 0.3) is 11.1 Å². The Morgan fingerprint density at radius 2 is 2.10 bits per heavy atom. The quantitative estimate of drug-likeness (QED) is 0.589. The van der Waals surface area contributed by atoms with Crippen LogP contribution in [-0.2, 0) is 16.8 Å². The van der Waals surface area contributed by atoms with Crippen LogP contribution in [0.5, 0.6) is 0 Å². The van der Waals surface area contributed by atoms with Crippen LogP contribution < -0.4 is 5.32 Å². The summed E-state index contributed by atoms with van der Waals surface area (Å²) in [5, 5.41) is 10.7. The van der Waals surface area contributed by atoms with Gasteiger partial charge in [-0.25, -0.2) is 4.98 Å². The third-order valence-corrected chi connectivity index (χ3v) is 7.55. The minimum atomic E-state index is -3.41. The van der Waals surface area contributed by atoms with Crippen molar-refractivity contribution in [2.45, 2.75) is 25.8 Å². The maximum Gasteiger partial charge on any atom is 0.281 e. The van der Waals surface area contributed by atoms with E-state index < -0.39 is 10.2 Å². The summed E-state index contributed by atoms with van der Waals surface area (Å²) in [6, 6.07) is 12.3. The van der Waals surface area contributed by atoms with Crippen LogP contribution in [0.1, 0.15) is 29.2 Å². The number of nitrogens with zero attached hydrogens (tertiary/aromatic N) is 4. The first-order chi connectivity index (χ1) is 14.8. The number of pyridine rings is 1. The number of benzene rings is 1. The monoisotopic (exact) mass is 440 g/mol. The summed E-state index contributed by atoms with van der Waals surface area (Å²) in [5.74, 6) is 0.860. The van der Waals surface area contributed by atoms with Gasteiger partial charge in [0.2, 0.25) is 0 Å². The van der Waals surface area contributed by atoms with Crippen molar-refractivity contribution >= 4 is 16.0 Å². The number of aromatic amines is 1. The molecule has 0 aliphatic carbocycles. The fourth-order valence-electron chi connectivity index (χ4n) is 3.95. The molecule has 164 valence electrons. The zero-order valence-electron chi connectivity index (χ0n) is 18.0. The number of anilines is 1. The maximum atomic E-state index is 12.5. The Hall–Kier alpha value is -2.75. The molecule has 1 unspecified atom stereocenters. The van der Waals surface area contributed by atoms with Crippen molar-refractivity contribution in [1.82, 2.24) is 23.8 Å². The minimum Gasteiger partial charge on any atom is -0.366 e. The molecule has 9 heteroatoms. The van der Waals surface area contributed by atoms with Gasteiger partial charge in [-0.3, -0.25) is 5.10 Å². The van der Waals surface area contributed by atoms with Crippen LogP contribution in [0.3, 0.4) is 0 Å². The molecule has 3 heterocycles. The number of H-pyrrole nitrogens is 1. The smallest absolute Gasteiger partial charge is 0.281 e. The molecular weight excluding hydrogens is 412 g/mol. The zero-order chi connectivity index (χ0) is 22.0. The second-order valence-electron chi connectivity index (χ2n) is 8.10. The Bertz CT molecular complexity index is 1160. The number of hydrogen-bond acceptors (Lipinski definition) is 5. The van der Waals surface area contributed by atoms with Crippen molar-refractivity contribution in [3.05, 3.63) is 65.6 Å². The maximum absolute atomic E-state index is 12.5. The first-order valence-corrected chi connectivity index (χ1v) is 11.7. The predicted molar refractivity (Wildman–Crippen MR) is 122 cm³/mol. The molecule has 0 amide bonds. The molecule has 0 spiro atoms. The van der Waals surface area contributed by atoms with Crippen LogP contribution in [-0.4, -0.2) is 59.4 Å². The standard InChI is InChI=1S/C22H28N6O2S/c1-16-5-4-6-17(11-16)13-24-21-12-18(7-9-23-21)20-14-25-26-22(20)19-8-10-28(15-19)31(29,30)27(2)3/h4-7,9,11-12,14,19H,8,10,13,15H2,1-3H3,(H,23,24)(H,25,26). The van der Waals surface area contributed by atoms with E-state index >= 15 is 0 Å². The molecule has 1 aliphatic rings. The van der Waals surface area contributed by atoms with E-state index in [2.05, 4.69) is 51.7 Å². The van der Waals surface area contributed by atoms with Crippen LogP contribution in [0.4, 0.5) is 5.82 Å². The van der Waals surface area contributed by atoms with E-state index in [1.807, 2.05) is 12.1 Å². The zero-order valence-corrected chi connectivity index (χ0v) is 18.9. The summed E-state index contributed by atoms with van der Waals surface area (Å²) in [7, 11) is -0.285. The van der Waals surface area contributed by atoms with Gasteiger partial charge in [0.1, 0.15) is 5.82 Å². The third kappa shape index (κ3) is 4.63. The number of nitrogens with one attached hydrogen (secondary N) is 2. The second-order valence-corrected chi connectivity index (χ2v) is 10.2. The minimum absolute atomic E-state index is 0.0732. The SMILES string of the molecule is Cc1cccc(CNc2cc(-c3cn[nH]c3C3CCN(S(=O)(=O)N(C)C)C3)ccn2)c1. The van der Waals surface area contributed by atoms with Crippen molar-refractivity contribution in [2.75, 3.05) is 32.5 Å². The van der Waals surface area contributed by atoms with E-state index in [4.69, 9.17) is 0 Å². The van der Waals surface area contributed by atoms with Crippen molar-refractivity contribution in [1.29, 1.82) is 0 Å². The van der Waals surface area contributed by atoms with Crippen LogP contribution in [0.15, 0.2) is 48.8 Å². The van der Waals surface area contributed by atoms with Crippen LogP contribution in [0, 0.1) is 6.92 Å². The third-order valence-electron chi connectivity index (χ3n) is 5.64. The summed E-state index contributed by atoms with van der Waals surface area (Å²) in [5.41, 5.74) is 5.37. The van der Waals surface area contributed by atoms with Gasteiger partial charge in [-0.1, -0.05) is 29.8 Å². The second kappa shape index (κ2) is 8.78. The lowest BCUT2D eigenvalue weighted by molar-refractivity contribution is 0.418. The molecule has 31 heavy (non-hydrogen) atoms. The van der Waals surface area contributed by atoms with Crippen LogP contribution >= 0.6 is 0 Å². The van der Waals surface area contributed by atoms with E-state index in [9.17, 15) is 8.42 Å². The molecule has 1 aromatic carbocycles. The highest BCUT2D eigenvalue weighted by Gasteiger charge is 2.35. The Kier molecular flexibility index (Phi) is 6.08. The normalized spacial score (nSPS) is 17.4. The molecule has 0 bridgehead atoms. The Labute approximate surface area is 183 Å². The highest BCUT2D eigenvalue weighted by molar-refractivity contribution is 7.86. The Balaban J connectivity index is 1.51. The van der Waals surface area contributed by atoms with Gasteiger partial charge in [-0.15, -0.1) is 0 Å². The predicted octanol–water partition coefficient (Wildman–Crippen LogP) is 2.99. The van der Waals surface area contributed by atoms with E-state index in [-0.39, 0.29) is 5.92 Å². The first-order valence-electron chi connectivity index (χ1n) is 10.3. The lowest BCUT2D eigenvalue weighted by Gasteiger charge is -2.20. The fraction of sp³-hybridized carbons (Fsp3) is 0.364. The molecule has 3 aromatic rings. The molecule has 1 atom stereocenters. The number of hydrogen-bond donors (Lipinski definition) is 2. The molecule has 0 radical (unpaired) electrons. The number of aryl methyl sites for hydroxylation is 1. The summed E-state index contributed by atoms with van der Waals surface area (Å²) < 4.78 is 27.7. The lowest BCUT2D eigenvalue weighted by atomic mass is 9.97. The summed E-state index contributed by atoms with van der Waals surface area (Å²) in [6.45, 7) is 3.72. The average Bonchev–Trinajstić information content (AvgIpc) is 3.42. The van der Waals surface area contributed by atoms with Crippen molar-refractivity contribution in [2.24, 2.45) is 0 Å². The van der Waals surface area contributed by atoms with E-state index in [0.29, 0.717) is 19.6 Å². The van der Waals surface area contributed by atoms with E-state index in [1.165, 1.54) is 19.7 Å². The van der Waals surface area contributed by atoms with Gasteiger partial charge >= 0.3 is 0 Å². The fourth-order valence-corrected chi connectivity index (χ4v) is 5.12. The summed E-state index contributed by atoms with van der Waals surface area (Å²) >= 11 is 0. The molecule has 1 aliphatic heterocycles. The van der Waals surface area contributed by atoms with Gasteiger partial charge in [-0.2, -0.15) is 22.1 Å². The highest BCUT2D eigenvalue weighted by atomic mass is 32.2. The first kappa shape index (κ1) is 21.5. The molecule has 4 rings (SSSR count). The topological polar surface area (TPSA) is 94.2 Å². The summed E-state index contributed by atoms with van der Waals surface area (Å²) in [4.78, 5) is 4.44. The van der Waals surface area contributed by atoms with E-state index in [1.54, 1.807) is 26.5 Å². The molecule has 0 saturated carbocycles. The van der Waals surface area contributed by atoms with Gasteiger partial charge in [0.05, 0.1) is 6.20 Å². The lowest BCUT2D eigenvalue weighted by Crippen LogP contribution is -2.38. The van der Waals surface area contributed by atoms with Gasteiger partial charge in [-0.05, 0) is 36.6 Å². The Morgan fingerprint density at radius 1 is 1.26 bits per heavy atom. The average molecular weight is 441 g/mol. The molecule has 1 fully saturated rings. The largest absolute Gasteiger partial charge is 0.366 e. The van der Waals surface area contributed by atoms with Gasteiger partial charge in [0.15, 0.2) is 0 Å². The van der Waals surface area contributed by atoms with Gasteiger partial charge < -0.3 is 5.32 Å². The van der Waals surface area contributed by atoms with Gasteiger partial charge in [0.25, 0.3) is 10.2 Å². The van der Waals surface area contributed by atoms with Crippen molar-refractivity contribution in [3.63, 3.8) is 0 Å². The van der Waals surface area contributed by atoms with Crippen molar-refractivity contribution < 1.29 is 8.42 Å². The van der Waals surface area contributed by atoms with Gasteiger partial charge in [0, 0.05) is 57.1 Å².